The normalized spacial score (nSPS) is 16.2. The number of benzene rings is 2. The van der Waals surface area contributed by atoms with Crippen LogP contribution in [0.4, 0.5) is 0 Å². The second-order valence-electron chi connectivity index (χ2n) is 7.15. The van der Waals surface area contributed by atoms with Gasteiger partial charge in [0, 0.05) is 25.6 Å². The fourth-order valence-corrected chi connectivity index (χ4v) is 5.19. The minimum absolute atomic E-state index is 0.00412. The van der Waals surface area contributed by atoms with Gasteiger partial charge in [0.05, 0.1) is 4.90 Å². The van der Waals surface area contributed by atoms with Crippen LogP contribution in [0.2, 0.25) is 0 Å². The highest BCUT2D eigenvalue weighted by Crippen LogP contribution is 2.25. The number of sulfonamides is 1. The predicted octanol–water partition coefficient (Wildman–Crippen LogP) is 3.02. The SMILES string of the molecule is Cc1cccc(CNC(=O)C2CCN(S(=O)(=O)c3ccccc3C)CC2)c1. The first-order chi connectivity index (χ1) is 12.9. The summed E-state index contributed by atoms with van der Waals surface area (Å²) in [4.78, 5) is 12.8. The number of nitrogens with one attached hydrogen (secondary N) is 1. The summed E-state index contributed by atoms with van der Waals surface area (Å²) in [6.07, 6.45) is 1.09. The molecule has 27 heavy (non-hydrogen) atoms. The number of piperidine rings is 1. The highest BCUT2D eigenvalue weighted by molar-refractivity contribution is 7.89. The number of carbonyl (C=O) groups excluding carboxylic acids is 1. The Morgan fingerprint density at radius 2 is 1.78 bits per heavy atom. The van der Waals surface area contributed by atoms with Crippen molar-refractivity contribution in [3.63, 3.8) is 0 Å². The quantitative estimate of drug-likeness (QED) is 0.859. The molecule has 1 heterocycles. The van der Waals surface area contributed by atoms with E-state index in [4.69, 9.17) is 0 Å². The van der Waals surface area contributed by atoms with Crippen LogP contribution in [-0.4, -0.2) is 31.7 Å². The maximum Gasteiger partial charge on any atom is 0.243 e. The molecule has 1 saturated heterocycles. The summed E-state index contributed by atoms with van der Waals surface area (Å²) in [5.74, 6) is -0.137. The molecule has 0 bridgehead atoms. The molecule has 0 spiro atoms. The first kappa shape index (κ1) is 19.6. The van der Waals surface area contributed by atoms with Crippen molar-refractivity contribution in [2.45, 2.75) is 38.1 Å². The van der Waals surface area contributed by atoms with E-state index in [2.05, 4.69) is 11.4 Å². The molecular formula is C21H26N2O3S. The van der Waals surface area contributed by atoms with E-state index < -0.39 is 10.0 Å². The van der Waals surface area contributed by atoms with Crippen molar-refractivity contribution in [1.82, 2.24) is 9.62 Å². The van der Waals surface area contributed by atoms with Gasteiger partial charge in [-0.2, -0.15) is 4.31 Å². The Bertz CT molecular complexity index is 917. The second-order valence-corrected chi connectivity index (χ2v) is 9.06. The highest BCUT2D eigenvalue weighted by atomic mass is 32.2. The van der Waals surface area contributed by atoms with E-state index in [1.807, 2.05) is 31.2 Å². The summed E-state index contributed by atoms with van der Waals surface area (Å²) in [5, 5.41) is 2.98. The zero-order valence-corrected chi connectivity index (χ0v) is 16.6. The zero-order valence-electron chi connectivity index (χ0n) is 15.8. The number of amides is 1. The van der Waals surface area contributed by atoms with Gasteiger partial charge in [-0.15, -0.1) is 0 Å². The third-order valence-electron chi connectivity index (χ3n) is 5.09. The van der Waals surface area contributed by atoms with Gasteiger partial charge in [0.25, 0.3) is 0 Å². The molecule has 0 radical (unpaired) electrons. The fraction of sp³-hybridized carbons (Fsp3) is 0.381. The minimum Gasteiger partial charge on any atom is -0.352 e. The molecule has 1 aliphatic heterocycles. The molecule has 5 nitrogen and oxygen atoms in total. The lowest BCUT2D eigenvalue weighted by Crippen LogP contribution is -2.43. The number of carbonyl (C=O) groups is 1. The van der Waals surface area contributed by atoms with Crippen molar-refractivity contribution in [3.8, 4) is 0 Å². The topological polar surface area (TPSA) is 66.5 Å². The Balaban J connectivity index is 1.57. The molecule has 3 rings (SSSR count). The van der Waals surface area contributed by atoms with E-state index >= 15 is 0 Å². The molecule has 0 aliphatic carbocycles. The zero-order chi connectivity index (χ0) is 19.4. The van der Waals surface area contributed by atoms with Crippen LogP contribution in [0.1, 0.15) is 29.5 Å². The van der Waals surface area contributed by atoms with E-state index in [1.54, 1.807) is 25.1 Å². The van der Waals surface area contributed by atoms with E-state index in [0.29, 0.717) is 37.4 Å². The molecule has 2 aromatic rings. The maximum absolute atomic E-state index is 12.9. The molecule has 1 fully saturated rings. The van der Waals surface area contributed by atoms with E-state index in [1.165, 1.54) is 4.31 Å². The first-order valence-electron chi connectivity index (χ1n) is 9.27. The third kappa shape index (κ3) is 4.57. The Labute approximate surface area is 161 Å². The van der Waals surface area contributed by atoms with Gasteiger partial charge < -0.3 is 5.32 Å². The Hall–Kier alpha value is -2.18. The van der Waals surface area contributed by atoms with Gasteiger partial charge in [-0.05, 0) is 43.9 Å². The fourth-order valence-electron chi connectivity index (χ4n) is 3.50. The first-order valence-corrected chi connectivity index (χ1v) is 10.7. The van der Waals surface area contributed by atoms with Crippen molar-refractivity contribution in [2.75, 3.05) is 13.1 Å². The molecule has 144 valence electrons. The van der Waals surface area contributed by atoms with Crippen LogP contribution in [0.15, 0.2) is 53.4 Å². The van der Waals surface area contributed by atoms with Crippen molar-refractivity contribution >= 4 is 15.9 Å². The molecule has 2 aromatic carbocycles. The lowest BCUT2D eigenvalue weighted by molar-refractivity contribution is -0.126. The molecular weight excluding hydrogens is 360 g/mol. The molecule has 1 aliphatic rings. The molecule has 0 atom stereocenters. The lowest BCUT2D eigenvalue weighted by atomic mass is 9.97. The van der Waals surface area contributed by atoms with Gasteiger partial charge in [-0.25, -0.2) is 8.42 Å². The van der Waals surface area contributed by atoms with Crippen LogP contribution in [-0.2, 0) is 21.4 Å². The van der Waals surface area contributed by atoms with Gasteiger partial charge in [0.1, 0.15) is 0 Å². The minimum atomic E-state index is -3.50. The molecule has 0 unspecified atom stereocenters. The monoisotopic (exact) mass is 386 g/mol. The predicted molar refractivity (Wildman–Crippen MR) is 106 cm³/mol. The molecule has 0 aromatic heterocycles. The van der Waals surface area contributed by atoms with Crippen molar-refractivity contribution < 1.29 is 13.2 Å². The summed E-state index contributed by atoms with van der Waals surface area (Å²) < 4.78 is 27.2. The van der Waals surface area contributed by atoms with Gasteiger partial charge in [-0.1, -0.05) is 48.0 Å². The molecule has 0 saturated carbocycles. The molecule has 1 amide bonds. The number of hydrogen-bond acceptors (Lipinski definition) is 3. The van der Waals surface area contributed by atoms with Gasteiger partial charge in [-0.3, -0.25) is 4.79 Å². The Morgan fingerprint density at radius 3 is 2.44 bits per heavy atom. The second kappa shape index (κ2) is 8.23. The van der Waals surface area contributed by atoms with Crippen LogP contribution < -0.4 is 5.32 Å². The summed E-state index contributed by atoms with van der Waals surface area (Å²) in [6.45, 7) is 5.08. The van der Waals surface area contributed by atoms with Crippen molar-refractivity contribution in [1.29, 1.82) is 0 Å². The lowest BCUT2D eigenvalue weighted by Gasteiger charge is -2.31. The number of rotatable bonds is 5. The maximum atomic E-state index is 12.9. The summed E-state index contributed by atoms with van der Waals surface area (Å²) in [5.41, 5.74) is 2.98. The third-order valence-corrected chi connectivity index (χ3v) is 7.14. The van der Waals surface area contributed by atoms with Gasteiger partial charge in [0.2, 0.25) is 15.9 Å². The molecule has 1 N–H and O–H groups in total. The number of hydrogen-bond donors (Lipinski definition) is 1. The van der Waals surface area contributed by atoms with Gasteiger partial charge >= 0.3 is 0 Å². The van der Waals surface area contributed by atoms with Crippen LogP contribution in [0, 0.1) is 19.8 Å². The van der Waals surface area contributed by atoms with Crippen molar-refractivity contribution in [2.24, 2.45) is 5.92 Å². The van der Waals surface area contributed by atoms with Crippen LogP contribution in [0.5, 0.6) is 0 Å². The summed E-state index contributed by atoms with van der Waals surface area (Å²) in [7, 11) is -3.50. The van der Waals surface area contributed by atoms with E-state index in [9.17, 15) is 13.2 Å². The van der Waals surface area contributed by atoms with Gasteiger partial charge in [0.15, 0.2) is 0 Å². The van der Waals surface area contributed by atoms with Crippen LogP contribution in [0.3, 0.4) is 0 Å². The summed E-state index contributed by atoms with van der Waals surface area (Å²) in [6, 6.07) is 15.1. The van der Waals surface area contributed by atoms with Crippen LogP contribution >= 0.6 is 0 Å². The van der Waals surface area contributed by atoms with E-state index in [0.717, 1.165) is 16.7 Å². The van der Waals surface area contributed by atoms with E-state index in [-0.39, 0.29) is 11.8 Å². The smallest absolute Gasteiger partial charge is 0.243 e. The Morgan fingerprint density at radius 1 is 1.07 bits per heavy atom. The highest BCUT2D eigenvalue weighted by Gasteiger charge is 2.32. The standard InChI is InChI=1S/C21H26N2O3S/c1-16-6-5-8-18(14-16)15-22-21(24)19-10-12-23(13-11-19)27(25,26)20-9-4-3-7-17(20)2/h3-9,14,19H,10-13,15H2,1-2H3,(H,22,24). The molecule has 6 heteroatoms. The number of nitrogens with zero attached hydrogens (tertiary/aromatic N) is 1. The van der Waals surface area contributed by atoms with Crippen LogP contribution in [0.25, 0.3) is 0 Å². The summed E-state index contributed by atoms with van der Waals surface area (Å²) >= 11 is 0. The number of aryl methyl sites for hydroxylation is 2. The van der Waals surface area contributed by atoms with Crippen molar-refractivity contribution in [3.05, 3.63) is 65.2 Å². The Kier molecular flexibility index (Phi) is 5.97. The average Bonchev–Trinajstić information content (AvgIpc) is 2.66. The largest absolute Gasteiger partial charge is 0.352 e. The average molecular weight is 387 g/mol.